The maximum absolute atomic E-state index is 12.9. The number of nitrogens with zero attached hydrogens (tertiary/aromatic N) is 2. The maximum Gasteiger partial charge on any atom is 0.141 e. The lowest BCUT2D eigenvalue weighted by Crippen LogP contribution is -2.25. The molecule has 0 bridgehead atoms. The van der Waals surface area contributed by atoms with Crippen LogP contribution in [0.2, 0.25) is 0 Å². The first-order valence-corrected chi connectivity index (χ1v) is 6.29. The number of pyridine rings is 1. The lowest BCUT2D eigenvalue weighted by Gasteiger charge is -2.22. The third-order valence-corrected chi connectivity index (χ3v) is 2.78. The Labute approximate surface area is 111 Å². The van der Waals surface area contributed by atoms with Crippen LogP contribution in [0.1, 0.15) is 5.56 Å². The van der Waals surface area contributed by atoms with Gasteiger partial charge in [0.15, 0.2) is 0 Å². The Bertz CT molecular complexity index is 473. The van der Waals surface area contributed by atoms with Gasteiger partial charge in [0.25, 0.3) is 0 Å². The highest BCUT2D eigenvalue weighted by atomic mass is 35.5. The third kappa shape index (κ3) is 3.44. The van der Waals surface area contributed by atoms with Gasteiger partial charge < -0.3 is 4.90 Å². The van der Waals surface area contributed by atoms with E-state index in [4.69, 9.17) is 11.6 Å². The molecule has 0 saturated heterocycles. The zero-order valence-corrected chi connectivity index (χ0v) is 10.6. The Hall–Kier alpha value is -1.61. The van der Waals surface area contributed by atoms with Gasteiger partial charge in [-0.15, -0.1) is 11.6 Å². The second-order valence-electron chi connectivity index (χ2n) is 3.93. The van der Waals surface area contributed by atoms with E-state index in [2.05, 4.69) is 4.98 Å². The predicted molar refractivity (Wildman–Crippen MR) is 72.4 cm³/mol. The molecule has 0 N–H and O–H groups in total. The molecule has 18 heavy (non-hydrogen) atoms. The highest BCUT2D eigenvalue weighted by molar-refractivity contribution is 6.18. The van der Waals surface area contributed by atoms with Crippen molar-refractivity contribution in [1.82, 2.24) is 4.98 Å². The molecule has 0 aliphatic carbocycles. The van der Waals surface area contributed by atoms with Crippen LogP contribution >= 0.6 is 11.6 Å². The summed E-state index contributed by atoms with van der Waals surface area (Å²) < 4.78 is 12.9. The van der Waals surface area contributed by atoms with Crippen molar-refractivity contribution in [3.8, 4) is 0 Å². The summed E-state index contributed by atoms with van der Waals surface area (Å²) in [7, 11) is 0. The van der Waals surface area contributed by atoms with Gasteiger partial charge in [-0.05, 0) is 17.7 Å². The average Bonchev–Trinajstić information content (AvgIpc) is 2.40. The minimum Gasteiger partial charge on any atom is -0.351 e. The Morgan fingerprint density at radius 3 is 2.50 bits per heavy atom. The van der Waals surface area contributed by atoms with Crippen molar-refractivity contribution in [3.63, 3.8) is 0 Å². The molecule has 0 amide bonds. The van der Waals surface area contributed by atoms with Crippen molar-refractivity contribution < 1.29 is 4.39 Å². The second kappa shape index (κ2) is 6.36. The van der Waals surface area contributed by atoms with Gasteiger partial charge in [0.1, 0.15) is 11.6 Å². The molecule has 2 rings (SSSR count). The highest BCUT2D eigenvalue weighted by Gasteiger charge is 2.08. The molecule has 0 saturated carbocycles. The fraction of sp³-hybridized carbons (Fsp3) is 0.214. The molecule has 0 aliphatic heterocycles. The minimum absolute atomic E-state index is 0.329. The largest absolute Gasteiger partial charge is 0.351 e. The van der Waals surface area contributed by atoms with Crippen LogP contribution in [0.5, 0.6) is 0 Å². The maximum atomic E-state index is 12.9. The van der Waals surface area contributed by atoms with Gasteiger partial charge >= 0.3 is 0 Å². The third-order valence-electron chi connectivity index (χ3n) is 2.61. The van der Waals surface area contributed by atoms with E-state index < -0.39 is 0 Å². The number of alkyl halides is 1. The van der Waals surface area contributed by atoms with E-state index in [0.29, 0.717) is 19.0 Å². The Kier molecular flexibility index (Phi) is 4.53. The molecular weight excluding hydrogens is 251 g/mol. The summed E-state index contributed by atoms with van der Waals surface area (Å²) in [4.78, 5) is 6.12. The second-order valence-corrected chi connectivity index (χ2v) is 4.31. The first-order chi connectivity index (χ1) is 8.79. The molecule has 0 atom stereocenters. The quantitative estimate of drug-likeness (QED) is 0.769. The van der Waals surface area contributed by atoms with Crippen LogP contribution in [0.25, 0.3) is 0 Å². The van der Waals surface area contributed by atoms with E-state index in [1.54, 1.807) is 6.07 Å². The molecule has 0 aliphatic rings. The van der Waals surface area contributed by atoms with Crippen molar-refractivity contribution in [1.29, 1.82) is 0 Å². The molecule has 0 spiro atoms. The number of aromatic nitrogens is 1. The van der Waals surface area contributed by atoms with Crippen LogP contribution in [-0.2, 0) is 6.54 Å². The predicted octanol–water partition coefficient (Wildman–Crippen LogP) is 3.47. The van der Waals surface area contributed by atoms with Gasteiger partial charge in [0, 0.05) is 19.0 Å². The number of anilines is 1. The fourth-order valence-electron chi connectivity index (χ4n) is 1.74. The number of benzene rings is 1. The lowest BCUT2D eigenvalue weighted by molar-refractivity contribution is 0.620. The number of halogens is 2. The van der Waals surface area contributed by atoms with Gasteiger partial charge in [-0.2, -0.15) is 0 Å². The van der Waals surface area contributed by atoms with Gasteiger partial charge in [-0.3, -0.25) is 0 Å². The Morgan fingerprint density at radius 2 is 1.89 bits per heavy atom. The van der Waals surface area contributed by atoms with Crippen molar-refractivity contribution in [2.24, 2.45) is 0 Å². The average molecular weight is 265 g/mol. The molecule has 4 heteroatoms. The van der Waals surface area contributed by atoms with E-state index in [-0.39, 0.29) is 5.82 Å². The highest BCUT2D eigenvalue weighted by Crippen LogP contribution is 2.14. The Balaban J connectivity index is 2.15. The molecule has 0 unspecified atom stereocenters. The molecule has 94 valence electrons. The normalized spacial score (nSPS) is 10.3. The van der Waals surface area contributed by atoms with Gasteiger partial charge in [-0.25, -0.2) is 9.37 Å². The molecule has 1 aromatic heterocycles. The summed E-state index contributed by atoms with van der Waals surface area (Å²) in [6.45, 7) is 1.39. The summed E-state index contributed by atoms with van der Waals surface area (Å²) in [6, 6.07) is 13.1. The van der Waals surface area contributed by atoms with Gasteiger partial charge in [0.2, 0.25) is 0 Å². The zero-order valence-electron chi connectivity index (χ0n) is 9.89. The monoisotopic (exact) mass is 264 g/mol. The van der Waals surface area contributed by atoms with Crippen LogP contribution in [0, 0.1) is 5.82 Å². The zero-order chi connectivity index (χ0) is 12.8. The molecule has 1 aromatic carbocycles. The summed E-state index contributed by atoms with van der Waals surface area (Å²) in [5, 5.41) is 0. The van der Waals surface area contributed by atoms with Crippen molar-refractivity contribution in [3.05, 3.63) is 60.0 Å². The number of rotatable bonds is 5. The molecule has 0 radical (unpaired) electrons. The minimum atomic E-state index is -0.329. The summed E-state index contributed by atoms with van der Waals surface area (Å²) in [5.74, 6) is 0.913. The van der Waals surface area contributed by atoms with Crippen LogP contribution < -0.4 is 4.90 Å². The SMILES string of the molecule is Fc1ccc(N(CCCl)Cc2ccccc2)nc1. The molecule has 0 fully saturated rings. The van der Waals surface area contributed by atoms with Crippen LogP contribution in [0.4, 0.5) is 10.2 Å². The standard InChI is InChI=1S/C14H14ClFN2/c15-8-9-18(11-12-4-2-1-3-5-12)14-7-6-13(16)10-17-14/h1-7,10H,8-9,11H2. The molecule has 2 aromatic rings. The van der Waals surface area contributed by atoms with Gasteiger partial charge in [0.05, 0.1) is 6.20 Å². The first kappa shape index (κ1) is 12.8. The fourth-order valence-corrected chi connectivity index (χ4v) is 1.94. The lowest BCUT2D eigenvalue weighted by atomic mass is 10.2. The van der Waals surface area contributed by atoms with E-state index in [0.717, 1.165) is 5.82 Å². The topological polar surface area (TPSA) is 16.1 Å². The van der Waals surface area contributed by atoms with Crippen LogP contribution in [-0.4, -0.2) is 17.4 Å². The first-order valence-electron chi connectivity index (χ1n) is 5.76. The van der Waals surface area contributed by atoms with E-state index in [9.17, 15) is 4.39 Å². The van der Waals surface area contributed by atoms with E-state index >= 15 is 0 Å². The molecule has 1 heterocycles. The van der Waals surface area contributed by atoms with Crippen molar-refractivity contribution in [2.75, 3.05) is 17.3 Å². The molecule has 2 nitrogen and oxygen atoms in total. The summed E-state index contributed by atoms with van der Waals surface area (Å²) >= 11 is 5.80. The van der Waals surface area contributed by atoms with Crippen LogP contribution in [0.15, 0.2) is 48.7 Å². The smallest absolute Gasteiger partial charge is 0.141 e. The van der Waals surface area contributed by atoms with Gasteiger partial charge in [-0.1, -0.05) is 30.3 Å². The molecular formula is C14H14ClFN2. The number of hydrogen-bond donors (Lipinski definition) is 0. The van der Waals surface area contributed by atoms with E-state index in [1.165, 1.54) is 17.8 Å². The van der Waals surface area contributed by atoms with Crippen LogP contribution in [0.3, 0.4) is 0 Å². The summed E-state index contributed by atoms with van der Waals surface area (Å²) in [5.41, 5.74) is 1.17. The Morgan fingerprint density at radius 1 is 1.11 bits per heavy atom. The van der Waals surface area contributed by atoms with E-state index in [1.807, 2.05) is 35.2 Å². The number of hydrogen-bond acceptors (Lipinski definition) is 2. The van der Waals surface area contributed by atoms with Crippen molar-refractivity contribution >= 4 is 17.4 Å². The van der Waals surface area contributed by atoms with Crippen molar-refractivity contribution in [2.45, 2.75) is 6.54 Å². The summed E-state index contributed by atoms with van der Waals surface area (Å²) in [6.07, 6.45) is 1.22.